The Morgan fingerprint density at radius 1 is 0.961 bits per heavy atom. The molecule has 0 bridgehead atoms. The number of carbonyl (C=O) groups is 5. The summed E-state index contributed by atoms with van der Waals surface area (Å²) in [5.41, 5.74) is 6.41. The van der Waals surface area contributed by atoms with Crippen molar-refractivity contribution >= 4 is 29.5 Å². The fraction of sp³-hybridized carbons (Fsp3) is 0.432. The van der Waals surface area contributed by atoms with Crippen molar-refractivity contribution in [3.8, 4) is 11.1 Å². The highest BCUT2D eigenvalue weighted by Crippen LogP contribution is 2.41. The lowest BCUT2D eigenvalue weighted by Crippen LogP contribution is -2.55. The second-order valence-corrected chi connectivity index (χ2v) is 13.5. The number of hydrogen-bond donors (Lipinski definition) is 5. The zero-order valence-corrected chi connectivity index (χ0v) is 29.7. The number of aromatic nitrogens is 1. The fourth-order valence-corrected chi connectivity index (χ4v) is 5.94. The van der Waals surface area contributed by atoms with Gasteiger partial charge < -0.3 is 36.3 Å². The summed E-state index contributed by atoms with van der Waals surface area (Å²) in [6.45, 7) is 8.23. The van der Waals surface area contributed by atoms with Gasteiger partial charge in [0, 0.05) is 49.6 Å². The average Bonchev–Trinajstić information content (AvgIpc) is 3.46. The normalized spacial score (nSPS) is 13.1. The van der Waals surface area contributed by atoms with Crippen molar-refractivity contribution in [3.63, 3.8) is 0 Å². The summed E-state index contributed by atoms with van der Waals surface area (Å²) >= 11 is 0. The molecule has 1 heterocycles. The van der Waals surface area contributed by atoms with Crippen molar-refractivity contribution in [1.29, 1.82) is 0 Å². The Morgan fingerprint density at radius 2 is 1.65 bits per heavy atom. The van der Waals surface area contributed by atoms with Gasteiger partial charge in [0.05, 0.1) is 12.5 Å². The Labute approximate surface area is 296 Å². The molecule has 5 amide bonds. The maximum atomic E-state index is 15.1. The van der Waals surface area contributed by atoms with Crippen LogP contribution in [0.1, 0.15) is 71.2 Å². The maximum absolute atomic E-state index is 15.1. The molecule has 3 aromatic rings. The highest BCUT2D eigenvalue weighted by Gasteiger charge is 2.38. The topological polar surface area (TPSA) is 176 Å². The number of nitrogens with one attached hydrogen (secondary N) is 3. The number of primary amides is 1. The predicted octanol–water partition coefficient (Wildman–Crippen LogP) is 3.17. The monoisotopic (exact) mass is 710 g/mol. The first-order chi connectivity index (χ1) is 24.0. The number of benzene rings is 2. The minimum Gasteiger partial charge on any atom is -0.387 e. The Balaban J connectivity index is 2.11. The molecule has 3 rings (SSSR count). The van der Waals surface area contributed by atoms with Gasteiger partial charge in [0.2, 0.25) is 29.5 Å². The van der Waals surface area contributed by atoms with Gasteiger partial charge in [-0.2, -0.15) is 0 Å². The summed E-state index contributed by atoms with van der Waals surface area (Å²) in [7, 11) is 0. The van der Waals surface area contributed by atoms with Gasteiger partial charge in [-0.05, 0) is 48.1 Å². The molecule has 0 saturated heterocycles. The van der Waals surface area contributed by atoms with Gasteiger partial charge in [0.15, 0.2) is 0 Å². The van der Waals surface area contributed by atoms with Crippen LogP contribution in [0.4, 0.5) is 8.78 Å². The average molecular weight is 711 g/mol. The number of nitrogens with zero attached hydrogens (tertiary/aromatic N) is 2. The first kappa shape index (κ1) is 40.3. The lowest BCUT2D eigenvalue weighted by Gasteiger charge is -2.41. The maximum Gasteiger partial charge on any atom is 0.248 e. The Bertz CT molecular complexity index is 1670. The number of nitrogens with two attached hydrogens (primary N) is 1. The highest BCUT2D eigenvalue weighted by atomic mass is 19.1. The third-order valence-corrected chi connectivity index (χ3v) is 8.17. The van der Waals surface area contributed by atoms with E-state index in [2.05, 4.69) is 16.0 Å². The SMILES string of the molecule is CCCNC(=O)[C@H](CCN(C(=O)CO)[C@@H](c1cc(-c2cc(F)ccc2F)cn1Cc1ccccc1)C(C)(C)C)NC(=O)[C@H](CC(N)=O)NC(C)=O. The van der Waals surface area contributed by atoms with Crippen LogP contribution in [0, 0.1) is 17.0 Å². The third-order valence-electron chi connectivity index (χ3n) is 8.17. The summed E-state index contributed by atoms with van der Waals surface area (Å²) in [6.07, 6.45) is 1.63. The number of hydrogen-bond acceptors (Lipinski definition) is 6. The lowest BCUT2D eigenvalue weighted by atomic mass is 9.82. The van der Waals surface area contributed by atoms with E-state index < -0.39 is 77.7 Å². The van der Waals surface area contributed by atoms with Crippen LogP contribution in [0.15, 0.2) is 60.8 Å². The zero-order valence-electron chi connectivity index (χ0n) is 29.7. The van der Waals surface area contributed by atoms with Crippen LogP contribution in [0.3, 0.4) is 0 Å². The molecule has 1 aromatic heterocycles. The van der Waals surface area contributed by atoms with Gasteiger partial charge >= 0.3 is 0 Å². The molecule has 0 aliphatic heterocycles. The Hall–Kier alpha value is -5.11. The van der Waals surface area contributed by atoms with Gasteiger partial charge in [0.1, 0.15) is 30.3 Å². The Morgan fingerprint density at radius 3 is 2.24 bits per heavy atom. The second-order valence-electron chi connectivity index (χ2n) is 13.5. The molecule has 2 aromatic carbocycles. The van der Waals surface area contributed by atoms with Crippen LogP contribution in [0.25, 0.3) is 11.1 Å². The quantitative estimate of drug-likeness (QED) is 0.144. The first-order valence-corrected chi connectivity index (χ1v) is 16.8. The minimum absolute atomic E-state index is 0.0239. The summed E-state index contributed by atoms with van der Waals surface area (Å²) in [4.78, 5) is 65.1. The second kappa shape index (κ2) is 18.2. The molecular weight excluding hydrogens is 662 g/mol. The van der Waals surface area contributed by atoms with Gasteiger partial charge in [-0.3, -0.25) is 24.0 Å². The molecule has 276 valence electrons. The van der Waals surface area contributed by atoms with Crippen LogP contribution in [0.2, 0.25) is 0 Å². The molecule has 0 spiro atoms. The lowest BCUT2D eigenvalue weighted by molar-refractivity contribution is -0.140. The van der Waals surface area contributed by atoms with E-state index >= 15 is 4.39 Å². The van der Waals surface area contributed by atoms with Crippen molar-refractivity contribution in [2.75, 3.05) is 19.7 Å². The minimum atomic E-state index is -1.35. The molecule has 51 heavy (non-hydrogen) atoms. The fourth-order valence-electron chi connectivity index (χ4n) is 5.94. The van der Waals surface area contributed by atoms with E-state index in [1.165, 1.54) is 11.8 Å². The summed E-state index contributed by atoms with van der Waals surface area (Å²) in [6, 6.07) is 10.9. The molecule has 0 aliphatic rings. The molecule has 0 unspecified atom stereocenters. The third kappa shape index (κ3) is 11.5. The number of aliphatic hydroxyl groups excluding tert-OH is 1. The number of carbonyl (C=O) groups excluding carboxylic acids is 5. The van der Waals surface area contributed by atoms with Crippen LogP contribution in [0.5, 0.6) is 0 Å². The van der Waals surface area contributed by atoms with Crippen LogP contribution < -0.4 is 21.7 Å². The number of halogens is 2. The van der Waals surface area contributed by atoms with Crippen molar-refractivity contribution in [2.24, 2.45) is 11.1 Å². The zero-order chi connectivity index (χ0) is 37.9. The van der Waals surface area contributed by atoms with Crippen LogP contribution in [-0.4, -0.2) is 75.9 Å². The Kier molecular flexibility index (Phi) is 14.4. The van der Waals surface area contributed by atoms with Crippen LogP contribution in [-0.2, 0) is 30.5 Å². The van der Waals surface area contributed by atoms with Crippen molar-refractivity contribution in [1.82, 2.24) is 25.4 Å². The number of rotatable bonds is 17. The molecule has 6 N–H and O–H groups in total. The summed E-state index contributed by atoms with van der Waals surface area (Å²) < 4.78 is 31.3. The molecule has 14 heteroatoms. The molecular formula is C37H48F2N6O6. The van der Waals surface area contributed by atoms with E-state index in [-0.39, 0.29) is 25.1 Å². The van der Waals surface area contributed by atoms with Gasteiger partial charge in [-0.25, -0.2) is 8.78 Å². The van der Waals surface area contributed by atoms with Gasteiger partial charge in [0.25, 0.3) is 0 Å². The molecule has 0 aliphatic carbocycles. The molecule has 0 fully saturated rings. The van der Waals surface area contributed by atoms with E-state index in [4.69, 9.17) is 5.73 Å². The summed E-state index contributed by atoms with van der Waals surface area (Å²) in [5, 5.41) is 17.9. The molecule has 12 nitrogen and oxygen atoms in total. The van der Waals surface area contributed by atoms with Crippen molar-refractivity contribution < 1.29 is 37.9 Å². The first-order valence-electron chi connectivity index (χ1n) is 16.8. The van der Waals surface area contributed by atoms with E-state index in [1.807, 2.05) is 62.6 Å². The van der Waals surface area contributed by atoms with E-state index in [0.717, 1.165) is 23.8 Å². The van der Waals surface area contributed by atoms with E-state index in [9.17, 15) is 33.5 Å². The standard InChI is InChI=1S/C37H48F2N6O6/c1-6-15-41-35(50)29(43-36(51)30(19-32(40)48)42-23(2)47)14-16-45(33(49)22-46)34(37(3,4)5)31-17-25(27-18-26(38)12-13-28(27)39)21-44(31)20-24-10-8-7-9-11-24/h7-13,17-18,21,29-30,34,46H,6,14-16,19-20,22H2,1-5H3,(H2,40,48)(H,41,50)(H,42,47)(H,43,51)/t29-,30-,34-/m0/s1. The van der Waals surface area contributed by atoms with E-state index in [0.29, 0.717) is 24.2 Å². The highest BCUT2D eigenvalue weighted by molar-refractivity contribution is 5.94. The largest absolute Gasteiger partial charge is 0.387 e. The smallest absolute Gasteiger partial charge is 0.248 e. The van der Waals surface area contributed by atoms with Crippen molar-refractivity contribution in [2.45, 2.75) is 78.6 Å². The molecule has 0 saturated carbocycles. The predicted molar refractivity (Wildman–Crippen MR) is 188 cm³/mol. The van der Waals surface area contributed by atoms with E-state index in [1.54, 1.807) is 12.3 Å². The van der Waals surface area contributed by atoms with Crippen LogP contribution >= 0.6 is 0 Å². The molecule has 3 atom stereocenters. The van der Waals surface area contributed by atoms with Gasteiger partial charge in [-0.1, -0.05) is 58.0 Å². The van der Waals surface area contributed by atoms with Crippen molar-refractivity contribution in [3.05, 3.63) is 83.7 Å². The number of aliphatic hydroxyl groups is 1. The summed E-state index contributed by atoms with van der Waals surface area (Å²) in [5.74, 6) is -4.77. The molecule has 0 radical (unpaired) electrons. The number of amides is 5. The van der Waals surface area contributed by atoms with Gasteiger partial charge in [-0.15, -0.1) is 0 Å².